The molecule has 2 N–H and O–H groups in total. The summed E-state index contributed by atoms with van der Waals surface area (Å²) in [7, 11) is 0. The molecule has 0 spiro atoms. The zero-order valence-corrected chi connectivity index (χ0v) is 13.3. The Labute approximate surface area is 127 Å². The molecule has 2 rings (SSSR count). The van der Waals surface area contributed by atoms with E-state index in [-0.39, 0.29) is 0 Å². The summed E-state index contributed by atoms with van der Waals surface area (Å²) in [5.41, 5.74) is 4.45. The molecule has 0 fully saturated rings. The van der Waals surface area contributed by atoms with Crippen LogP contribution >= 0.6 is 0 Å². The molecule has 0 atom stereocenters. The van der Waals surface area contributed by atoms with E-state index in [0.29, 0.717) is 5.95 Å². The molecule has 1 heterocycles. The lowest BCUT2D eigenvalue weighted by Gasteiger charge is -2.11. The van der Waals surface area contributed by atoms with Crippen LogP contribution in [0.5, 0.6) is 0 Å². The van der Waals surface area contributed by atoms with E-state index in [4.69, 9.17) is 0 Å². The topological polar surface area (TPSA) is 49.8 Å². The second kappa shape index (κ2) is 7.07. The molecule has 0 aliphatic carbocycles. The first kappa shape index (κ1) is 15.3. The lowest BCUT2D eigenvalue weighted by Crippen LogP contribution is -2.07. The van der Waals surface area contributed by atoms with Crippen molar-refractivity contribution in [3.63, 3.8) is 0 Å². The zero-order valence-electron chi connectivity index (χ0n) is 13.3. The van der Waals surface area contributed by atoms with Gasteiger partial charge in [-0.25, -0.2) is 4.98 Å². The van der Waals surface area contributed by atoms with Crippen molar-refractivity contribution in [2.75, 3.05) is 17.2 Å². The van der Waals surface area contributed by atoms with Gasteiger partial charge in [0.2, 0.25) is 5.95 Å². The summed E-state index contributed by atoms with van der Waals surface area (Å²) in [6, 6.07) is 8.29. The van der Waals surface area contributed by atoms with E-state index < -0.39 is 0 Å². The molecule has 0 amide bonds. The highest BCUT2D eigenvalue weighted by atomic mass is 15.1. The summed E-state index contributed by atoms with van der Waals surface area (Å²) >= 11 is 0. The Hall–Kier alpha value is -2.10. The molecule has 2 aromatic rings. The maximum atomic E-state index is 4.53. The normalized spacial score (nSPS) is 10.5. The Bertz CT molecular complexity index is 608. The monoisotopic (exact) mass is 284 g/mol. The molecule has 0 aliphatic rings. The van der Waals surface area contributed by atoms with Crippen molar-refractivity contribution in [1.29, 1.82) is 0 Å². The van der Waals surface area contributed by atoms with Crippen LogP contribution in [-0.2, 0) is 0 Å². The van der Waals surface area contributed by atoms with E-state index in [2.05, 4.69) is 59.6 Å². The minimum absolute atomic E-state index is 0.640. The highest BCUT2D eigenvalue weighted by Crippen LogP contribution is 2.20. The number of rotatable bonds is 6. The number of aromatic nitrogens is 2. The highest BCUT2D eigenvalue weighted by molar-refractivity contribution is 5.60. The number of unbranched alkanes of at least 4 members (excludes halogenated alkanes) is 1. The van der Waals surface area contributed by atoms with Crippen molar-refractivity contribution in [1.82, 2.24) is 9.97 Å². The Balaban J connectivity index is 2.15. The largest absolute Gasteiger partial charge is 0.370 e. The molecule has 0 unspecified atom stereocenters. The molecule has 0 aliphatic heterocycles. The van der Waals surface area contributed by atoms with Gasteiger partial charge in [-0.15, -0.1) is 0 Å². The van der Waals surface area contributed by atoms with Gasteiger partial charge in [0, 0.05) is 24.0 Å². The quantitative estimate of drug-likeness (QED) is 0.774. The molecule has 0 radical (unpaired) electrons. The summed E-state index contributed by atoms with van der Waals surface area (Å²) in [5, 5.41) is 6.65. The van der Waals surface area contributed by atoms with Crippen LogP contribution in [0.2, 0.25) is 0 Å². The van der Waals surface area contributed by atoms with E-state index >= 15 is 0 Å². The average molecular weight is 284 g/mol. The van der Waals surface area contributed by atoms with Gasteiger partial charge in [-0.1, -0.05) is 31.0 Å². The summed E-state index contributed by atoms with van der Waals surface area (Å²) in [6.45, 7) is 9.29. The van der Waals surface area contributed by atoms with Crippen molar-refractivity contribution < 1.29 is 0 Å². The van der Waals surface area contributed by atoms with Crippen LogP contribution in [-0.4, -0.2) is 16.5 Å². The molecule has 21 heavy (non-hydrogen) atoms. The molecular formula is C17H24N4. The van der Waals surface area contributed by atoms with Crippen LogP contribution < -0.4 is 10.6 Å². The van der Waals surface area contributed by atoms with Crippen molar-refractivity contribution in [2.45, 2.75) is 40.5 Å². The smallest absolute Gasteiger partial charge is 0.229 e. The van der Waals surface area contributed by atoms with E-state index in [0.717, 1.165) is 30.2 Å². The third kappa shape index (κ3) is 4.45. The van der Waals surface area contributed by atoms with Crippen LogP contribution in [0, 0.1) is 20.8 Å². The highest BCUT2D eigenvalue weighted by Gasteiger charge is 2.04. The average Bonchev–Trinajstić information content (AvgIpc) is 2.42. The number of aryl methyl sites for hydroxylation is 3. The second-order valence-electron chi connectivity index (χ2n) is 5.44. The van der Waals surface area contributed by atoms with Gasteiger partial charge < -0.3 is 10.6 Å². The number of anilines is 3. The van der Waals surface area contributed by atoms with Gasteiger partial charge in [-0.2, -0.15) is 4.98 Å². The Morgan fingerprint density at radius 1 is 1.05 bits per heavy atom. The Kier molecular flexibility index (Phi) is 5.14. The minimum atomic E-state index is 0.640. The van der Waals surface area contributed by atoms with Crippen LogP contribution in [0.15, 0.2) is 24.3 Å². The van der Waals surface area contributed by atoms with Gasteiger partial charge in [0.15, 0.2) is 0 Å². The van der Waals surface area contributed by atoms with Crippen LogP contribution in [0.3, 0.4) is 0 Å². The van der Waals surface area contributed by atoms with Gasteiger partial charge in [0.1, 0.15) is 5.82 Å². The molecule has 4 heteroatoms. The Morgan fingerprint density at radius 2 is 1.86 bits per heavy atom. The molecule has 0 saturated carbocycles. The summed E-state index contributed by atoms with van der Waals surface area (Å²) in [4.78, 5) is 8.99. The van der Waals surface area contributed by atoms with Crippen LogP contribution in [0.25, 0.3) is 0 Å². The van der Waals surface area contributed by atoms with Gasteiger partial charge >= 0.3 is 0 Å². The molecule has 4 nitrogen and oxygen atoms in total. The first-order chi connectivity index (χ1) is 10.1. The molecule has 1 aromatic heterocycles. The molecular weight excluding hydrogens is 260 g/mol. The maximum absolute atomic E-state index is 4.53. The first-order valence-electron chi connectivity index (χ1n) is 7.52. The third-order valence-electron chi connectivity index (χ3n) is 3.32. The van der Waals surface area contributed by atoms with E-state index in [1.807, 2.05) is 13.0 Å². The molecule has 112 valence electrons. The molecule has 0 saturated heterocycles. The SMILES string of the molecule is CCCCNc1cc(C)nc(Nc2ccc(C)cc2C)n1. The van der Waals surface area contributed by atoms with Crippen molar-refractivity contribution >= 4 is 17.5 Å². The lowest BCUT2D eigenvalue weighted by atomic mass is 10.1. The predicted octanol–water partition coefficient (Wildman–Crippen LogP) is 4.36. The number of hydrogen-bond donors (Lipinski definition) is 2. The second-order valence-corrected chi connectivity index (χ2v) is 5.44. The fourth-order valence-corrected chi connectivity index (χ4v) is 2.18. The summed E-state index contributed by atoms with van der Waals surface area (Å²) < 4.78 is 0. The van der Waals surface area contributed by atoms with Gasteiger partial charge in [-0.05, 0) is 38.8 Å². The molecule has 0 bridgehead atoms. The van der Waals surface area contributed by atoms with E-state index in [1.165, 1.54) is 17.5 Å². The van der Waals surface area contributed by atoms with Crippen LogP contribution in [0.4, 0.5) is 17.5 Å². The zero-order chi connectivity index (χ0) is 15.2. The predicted molar refractivity (Wildman–Crippen MR) is 89.4 cm³/mol. The number of hydrogen-bond acceptors (Lipinski definition) is 4. The standard InChI is InChI=1S/C17H24N4/c1-5-6-9-18-16-11-14(4)19-17(21-16)20-15-8-7-12(2)10-13(15)3/h7-8,10-11H,5-6,9H2,1-4H3,(H2,18,19,20,21). The maximum Gasteiger partial charge on any atom is 0.229 e. The van der Waals surface area contributed by atoms with Crippen molar-refractivity contribution in [3.8, 4) is 0 Å². The van der Waals surface area contributed by atoms with Gasteiger partial charge in [-0.3, -0.25) is 0 Å². The summed E-state index contributed by atoms with van der Waals surface area (Å²) in [5.74, 6) is 1.52. The van der Waals surface area contributed by atoms with Crippen LogP contribution in [0.1, 0.15) is 36.6 Å². The first-order valence-corrected chi connectivity index (χ1v) is 7.52. The van der Waals surface area contributed by atoms with Gasteiger partial charge in [0.05, 0.1) is 0 Å². The number of nitrogens with one attached hydrogen (secondary N) is 2. The lowest BCUT2D eigenvalue weighted by molar-refractivity contribution is 0.830. The van der Waals surface area contributed by atoms with E-state index in [1.54, 1.807) is 0 Å². The van der Waals surface area contributed by atoms with E-state index in [9.17, 15) is 0 Å². The van der Waals surface area contributed by atoms with Gasteiger partial charge in [0.25, 0.3) is 0 Å². The minimum Gasteiger partial charge on any atom is -0.370 e. The number of nitrogens with zero attached hydrogens (tertiary/aromatic N) is 2. The number of benzene rings is 1. The third-order valence-corrected chi connectivity index (χ3v) is 3.32. The summed E-state index contributed by atoms with van der Waals surface area (Å²) in [6.07, 6.45) is 2.31. The fourth-order valence-electron chi connectivity index (χ4n) is 2.18. The molecule has 1 aromatic carbocycles. The fraction of sp³-hybridized carbons (Fsp3) is 0.412. The van der Waals surface area contributed by atoms with Crippen molar-refractivity contribution in [3.05, 3.63) is 41.1 Å². The Morgan fingerprint density at radius 3 is 2.57 bits per heavy atom. The van der Waals surface area contributed by atoms with Crippen molar-refractivity contribution in [2.24, 2.45) is 0 Å².